The highest BCUT2D eigenvalue weighted by atomic mass is 16.5. The van der Waals surface area contributed by atoms with Gasteiger partial charge in [0.25, 0.3) is 0 Å². The molecule has 59 heavy (non-hydrogen) atoms. The second-order valence-electron chi connectivity index (χ2n) is 24.0. The number of aliphatic hydroxyl groups excluding tert-OH is 1. The second kappa shape index (κ2) is 22.2. The average molecular weight is 821 g/mol. The van der Waals surface area contributed by atoms with Crippen LogP contribution in [0.3, 0.4) is 0 Å². The molecule has 0 aromatic heterocycles. The summed E-state index contributed by atoms with van der Waals surface area (Å²) < 4.78 is 6.33. The van der Waals surface area contributed by atoms with Crippen LogP contribution in [0.15, 0.2) is 11.6 Å². The van der Waals surface area contributed by atoms with Gasteiger partial charge in [-0.15, -0.1) is 0 Å². The monoisotopic (exact) mass is 821 g/mol. The molecule has 0 heterocycles. The fourth-order valence-electron chi connectivity index (χ4n) is 15.0. The Kier molecular flexibility index (Phi) is 18.5. The van der Waals surface area contributed by atoms with E-state index in [1.54, 1.807) is 5.57 Å². The van der Waals surface area contributed by atoms with Crippen LogP contribution in [0.1, 0.15) is 274 Å². The molecule has 8 atom stereocenters. The average Bonchev–Trinajstić information content (AvgIpc) is 3.19. The van der Waals surface area contributed by atoms with Crippen LogP contribution in [-0.2, 0) is 9.53 Å². The minimum Gasteiger partial charge on any atom is -0.465 e. The van der Waals surface area contributed by atoms with Gasteiger partial charge in [-0.05, 0) is 115 Å². The van der Waals surface area contributed by atoms with E-state index in [1.165, 1.54) is 161 Å². The van der Waals surface area contributed by atoms with Crippen LogP contribution >= 0.6 is 0 Å². The third-order valence-electron chi connectivity index (χ3n) is 19.3. The van der Waals surface area contributed by atoms with Crippen molar-refractivity contribution >= 4 is 5.97 Å². The van der Waals surface area contributed by atoms with E-state index in [2.05, 4.69) is 61.5 Å². The molecule has 0 unspecified atom stereocenters. The third kappa shape index (κ3) is 11.5. The van der Waals surface area contributed by atoms with E-state index in [4.69, 9.17) is 4.74 Å². The molecule has 4 fully saturated rings. The molecule has 3 heteroatoms. The van der Waals surface area contributed by atoms with Crippen molar-refractivity contribution in [3.05, 3.63) is 11.6 Å². The predicted molar refractivity (Wildman–Crippen MR) is 252 cm³/mol. The van der Waals surface area contributed by atoms with Gasteiger partial charge in [0.2, 0.25) is 0 Å². The number of hydrogen-bond acceptors (Lipinski definition) is 3. The van der Waals surface area contributed by atoms with Crippen molar-refractivity contribution < 1.29 is 14.6 Å². The van der Waals surface area contributed by atoms with Gasteiger partial charge in [-0.2, -0.15) is 0 Å². The van der Waals surface area contributed by atoms with Crippen LogP contribution in [-0.4, -0.2) is 23.8 Å². The van der Waals surface area contributed by atoms with E-state index >= 15 is 0 Å². The number of hydrogen-bond donors (Lipinski definition) is 1. The van der Waals surface area contributed by atoms with Gasteiger partial charge in [0.15, 0.2) is 0 Å². The molecule has 0 amide bonds. The lowest BCUT2D eigenvalue weighted by atomic mass is 9.33. The summed E-state index contributed by atoms with van der Waals surface area (Å²) in [4.78, 5) is 14.4. The summed E-state index contributed by atoms with van der Waals surface area (Å²) in [5.41, 5.74) is 2.13. The SMILES string of the molecule is CCCCCCCCCCCCCCCCCCCCCCCCCCOC(=O)[C@@]12CCC(C)(C)C[C@H]1C1=CC[C@H]3[C@]4(C)CC[C@H](O)C(C)(C)[C@H]4CC[C@@]3(C)[C@]1(C)CC2. The first-order valence-electron chi connectivity index (χ1n) is 26.7. The molecule has 0 radical (unpaired) electrons. The Balaban J connectivity index is 0.954. The van der Waals surface area contributed by atoms with Crippen molar-refractivity contribution in [2.45, 2.75) is 280 Å². The van der Waals surface area contributed by atoms with E-state index in [-0.39, 0.29) is 44.6 Å². The Morgan fingerprint density at radius 3 is 1.58 bits per heavy atom. The van der Waals surface area contributed by atoms with Crippen LogP contribution in [0.2, 0.25) is 0 Å². The zero-order valence-corrected chi connectivity index (χ0v) is 40.9. The van der Waals surface area contributed by atoms with Gasteiger partial charge in [0.1, 0.15) is 0 Å². The van der Waals surface area contributed by atoms with E-state index < -0.39 is 0 Å². The number of carbonyl (C=O) groups excluding carboxylic acids is 1. The number of unbranched alkanes of at least 4 members (excludes halogenated alkanes) is 23. The van der Waals surface area contributed by atoms with Gasteiger partial charge in [-0.3, -0.25) is 4.79 Å². The molecule has 4 saturated carbocycles. The van der Waals surface area contributed by atoms with Crippen molar-refractivity contribution in [1.82, 2.24) is 0 Å². The maximum absolute atomic E-state index is 14.4. The normalized spacial score (nSPS) is 34.6. The molecule has 0 aromatic carbocycles. The molecule has 0 spiro atoms. The number of ether oxygens (including phenoxy) is 1. The molecule has 5 aliphatic rings. The summed E-state index contributed by atoms with van der Waals surface area (Å²) in [6.45, 7) is 20.4. The molecule has 1 N–H and O–H groups in total. The minimum absolute atomic E-state index is 0.0249. The topological polar surface area (TPSA) is 46.5 Å². The third-order valence-corrected chi connectivity index (χ3v) is 19.3. The van der Waals surface area contributed by atoms with Gasteiger partial charge in [0, 0.05) is 0 Å². The number of aliphatic hydroxyl groups is 1. The first-order chi connectivity index (χ1) is 28.2. The zero-order chi connectivity index (χ0) is 42.6. The van der Waals surface area contributed by atoms with Gasteiger partial charge < -0.3 is 9.84 Å². The maximum atomic E-state index is 14.4. The summed E-state index contributed by atoms with van der Waals surface area (Å²) in [7, 11) is 0. The van der Waals surface area contributed by atoms with E-state index in [9.17, 15) is 9.90 Å². The fraction of sp³-hybridized carbons (Fsp3) is 0.946. The number of rotatable bonds is 26. The van der Waals surface area contributed by atoms with E-state index in [1.807, 2.05) is 0 Å². The van der Waals surface area contributed by atoms with Crippen molar-refractivity contribution in [3.63, 3.8) is 0 Å². The molecule has 0 aliphatic heterocycles. The van der Waals surface area contributed by atoms with Gasteiger partial charge >= 0.3 is 5.97 Å². The molecule has 5 aliphatic carbocycles. The van der Waals surface area contributed by atoms with Crippen LogP contribution in [0.5, 0.6) is 0 Å². The maximum Gasteiger partial charge on any atom is 0.312 e. The molecular weight excluding hydrogens is 721 g/mol. The summed E-state index contributed by atoms with van der Waals surface area (Å²) in [5.74, 6) is 1.65. The molecule has 0 aromatic rings. The van der Waals surface area contributed by atoms with Crippen LogP contribution in [0.25, 0.3) is 0 Å². The smallest absolute Gasteiger partial charge is 0.312 e. The molecule has 3 nitrogen and oxygen atoms in total. The van der Waals surface area contributed by atoms with Crippen molar-refractivity contribution in [2.75, 3.05) is 6.61 Å². The lowest BCUT2D eigenvalue weighted by Crippen LogP contribution is -2.65. The van der Waals surface area contributed by atoms with Crippen LogP contribution in [0.4, 0.5) is 0 Å². The van der Waals surface area contributed by atoms with Crippen molar-refractivity contribution in [3.8, 4) is 0 Å². The second-order valence-corrected chi connectivity index (χ2v) is 24.0. The Morgan fingerprint density at radius 2 is 1.07 bits per heavy atom. The molecule has 5 rings (SSSR count). The Labute approximate surface area is 367 Å². The minimum atomic E-state index is -0.339. The number of carbonyl (C=O) groups is 1. The fourth-order valence-corrected chi connectivity index (χ4v) is 15.0. The number of esters is 1. The van der Waals surface area contributed by atoms with Gasteiger partial charge in [0.05, 0.1) is 18.1 Å². The lowest BCUT2D eigenvalue weighted by molar-refractivity contribution is -0.206. The predicted octanol–water partition coefficient (Wildman–Crippen LogP) is 17.1. The van der Waals surface area contributed by atoms with Crippen molar-refractivity contribution in [1.29, 1.82) is 0 Å². The first-order valence-corrected chi connectivity index (χ1v) is 26.7. The lowest BCUT2D eigenvalue weighted by Gasteiger charge is -2.71. The molecule has 342 valence electrons. The van der Waals surface area contributed by atoms with Gasteiger partial charge in [-0.25, -0.2) is 0 Å². The number of fused-ring (bicyclic) bond motifs is 7. The Hall–Kier alpha value is -0.830. The summed E-state index contributed by atoms with van der Waals surface area (Å²) >= 11 is 0. The standard InChI is InChI=1S/C56H100O3/c1-9-10-11-12-13-14-15-16-17-18-19-20-21-22-23-24-25-26-27-28-29-30-31-32-43-59-50(58)56-41-39-51(2,3)44-46(56)45-33-34-48-53(6)37-36-49(57)52(4,5)47(53)35-38-55(48,8)54(45,7)40-42-56/h33,46-49,57H,9-32,34-44H2,1-8H3/t46-,47+,48-,49-,53+,54+,55+,56+/m0/s1. The Morgan fingerprint density at radius 1 is 0.593 bits per heavy atom. The summed E-state index contributed by atoms with van der Waals surface area (Å²) in [5, 5.41) is 11.1. The Bertz CT molecular complexity index is 1300. The number of allylic oxidation sites excluding steroid dienone is 2. The largest absolute Gasteiger partial charge is 0.465 e. The van der Waals surface area contributed by atoms with E-state index in [0.717, 1.165) is 57.8 Å². The molecule has 0 bridgehead atoms. The highest BCUT2D eigenvalue weighted by molar-refractivity contribution is 5.78. The highest BCUT2D eigenvalue weighted by Crippen LogP contribution is 2.75. The molecule has 0 saturated heterocycles. The summed E-state index contributed by atoms with van der Waals surface area (Å²) in [6.07, 6.45) is 47.1. The first kappa shape index (κ1) is 49.2. The van der Waals surface area contributed by atoms with Crippen LogP contribution < -0.4 is 0 Å². The highest BCUT2D eigenvalue weighted by Gasteiger charge is 2.69. The van der Waals surface area contributed by atoms with E-state index in [0.29, 0.717) is 24.4 Å². The van der Waals surface area contributed by atoms with Crippen molar-refractivity contribution in [2.24, 2.45) is 50.2 Å². The van der Waals surface area contributed by atoms with Crippen LogP contribution in [0, 0.1) is 50.2 Å². The molecular formula is C56H100O3. The van der Waals surface area contributed by atoms with Gasteiger partial charge in [-0.1, -0.05) is 215 Å². The summed E-state index contributed by atoms with van der Waals surface area (Å²) in [6, 6.07) is 0. The quantitative estimate of drug-likeness (QED) is 0.0537. The zero-order valence-electron chi connectivity index (χ0n) is 40.9.